The van der Waals surface area contributed by atoms with Crippen molar-refractivity contribution in [2.45, 2.75) is 45.1 Å². The number of para-hydroxylation sites is 1. The highest BCUT2D eigenvalue weighted by Gasteiger charge is 2.21. The van der Waals surface area contributed by atoms with Gasteiger partial charge < -0.3 is 5.32 Å². The van der Waals surface area contributed by atoms with E-state index in [-0.39, 0.29) is 5.56 Å². The summed E-state index contributed by atoms with van der Waals surface area (Å²) in [6, 6.07) is 7.88. The molecule has 1 saturated carbocycles. The molecule has 0 saturated heterocycles. The summed E-state index contributed by atoms with van der Waals surface area (Å²) in [6.07, 6.45) is 6.16. The number of hydrogen-bond acceptors (Lipinski definition) is 3. The molecule has 1 fully saturated rings. The zero-order chi connectivity index (χ0) is 13.9. The third-order valence-electron chi connectivity index (χ3n) is 4.31. The van der Waals surface area contributed by atoms with Gasteiger partial charge in [-0.25, -0.2) is 4.98 Å². The normalized spacial score (nSPS) is 22.9. The lowest BCUT2D eigenvalue weighted by atomic mass is 9.84. The third kappa shape index (κ3) is 2.69. The third-order valence-corrected chi connectivity index (χ3v) is 4.31. The lowest BCUT2D eigenvalue weighted by molar-refractivity contribution is 0.326. The fraction of sp³-hybridized carbons (Fsp3) is 0.500. The lowest BCUT2D eigenvalue weighted by Crippen LogP contribution is -2.29. The first-order chi connectivity index (χ1) is 9.76. The van der Waals surface area contributed by atoms with Gasteiger partial charge >= 0.3 is 0 Å². The van der Waals surface area contributed by atoms with E-state index in [4.69, 9.17) is 0 Å². The maximum Gasteiger partial charge on any atom is 0.260 e. The largest absolute Gasteiger partial charge is 0.353 e. The van der Waals surface area contributed by atoms with Crippen LogP contribution in [0.2, 0.25) is 0 Å². The molecule has 1 aromatic heterocycles. The fourth-order valence-corrected chi connectivity index (χ4v) is 3.14. The van der Waals surface area contributed by atoms with Crippen LogP contribution in [0, 0.1) is 5.92 Å². The molecule has 0 bridgehead atoms. The van der Waals surface area contributed by atoms with E-state index in [1.807, 2.05) is 18.2 Å². The van der Waals surface area contributed by atoms with Crippen LogP contribution in [0.5, 0.6) is 0 Å². The van der Waals surface area contributed by atoms with Crippen molar-refractivity contribution in [3.8, 4) is 0 Å². The Balaban J connectivity index is 1.82. The molecule has 3 rings (SSSR count). The van der Waals surface area contributed by atoms with Crippen molar-refractivity contribution in [3.63, 3.8) is 0 Å². The molecule has 2 aromatic rings. The van der Waals surface area contributed by atoms with Crippen molar-refractivity contribution in [1.82, 2.24) is 9.97 Å². The quantitative estimate of drug-likeness (QED) is 0.900. The zero-order valence-corrected chi connectivity index (χ0v) is 11.9. The Morgan fingerprint density at radius 1 is 1.35 bits per heavy atom. The van der Waals surface area contributed by atoms with Gasteiger partial charge in [0.2, 0.25) is 5.95 Å². The minimum Gasteiger partial charge on any atom is -0.353 e. The molecule has 4 nitrogen and oxygen atoms in total. The van der Waals surface area contributed by atoms with Crippen LogP contribution >= 0.6 is 0 Å². The van der Waals surface area contributed by atoms with Gasteiger partial charge in [0.1, 0.15) is 0 Å². The fourth-order valence-electron chi connectivity index (χ4n) is 3.14. The summed E-state index contributed by atoms with van der Waals surface area (Å²) in [7, 11) is 0. The molecule has 0 spiro atoms. The van der Waals surface area contributed by atoms with E-state index in [0.717, 1.165) is 17.9 Å². The molecular formula is C16H21N3O. The van der Waals surface area contributed by atoms with Gasteiger partial charge in [0.15, 0.2) is 0 Å². The summed E-state index contributed by atoms with van der Waals surface area (Å²) in [6.45, 7) is 2.25. The van der Waals surface area contributed by atoms with Crippen molar-refractivity contribution in [1.29, 1.82) is 0 Å². The predicted molar refractivity (Wildman–Crippen MR) is 82.0 cm³/mol. The van der Waals surface area contributed by atoms with Gasteiger partial charge in [0.05, 0.1) is 10.9 Å². The second kappa shape index (κ2) is 5.65. The topological polar surface area (TPSA) is 57.8 Å². The number of fused-ring (bicyclic) bond motifs is 1. The average Bonchev–Trinajstić information content (AvgIpc) is 2.47. The van der Waals surface area contributed by atoms with Crippen LogP contribution in [0.3, 0.4) is 0 Å². The molecule has 1 heterocycles. The molecular weight excluding hydrogens is 250 g/mol. The number of aromatic nitrogens is 2. The minimum absolute atomic E-state index is 0.0686. The second-order valence-electron chi connectivity index (χ2n) is 5.71. The van der Waals surface area contributed by atoms with E-state index in [0.29, 0.717) is 17.4 Å². The van der Waals surface area contributed by atoms with Gasteiger partial charge in [-0.15, -0.1) is 0 Å². The number of nitrogens with zero attached hydrogens (tertiary/aromatic N) is 1. The molecule has 0 radical (unpaired) electrons. The van der Waals surface area contributed by atoms with Crippen LogP contribution in [0.1, 0.15) is 39.0 Å². The molecule has 2 atom stereocenters. The number of rotatable bonds is 3. The monoisotopic (exact) mass is 271 g/mol. The van der Waals surface area contributed by atoms with Gasteiger partial charge in [0.25, 0.3) is 5.56 Å². The van der Waals surface area contributed by atoms with Crippen molar-refractivity contribution < 1.29 is 0 Å². The van der Waals surface area contributed by atoms with Crippen LogP contribution in [0.15, 0.2) is 29.1 Å². The van der Waals surface area contributed by atoms with Gasteiger partial charge in [-0.3, -0.25) is 9.78 Å². The van der Waals surface area contributed by atoms with Gasteiger partial charge in [-0.2, -0.15) is 0 Å². The van der Waals surface area contributed by atoms with E-state index in [2.05, 4.69) is 22.2 Å². The van der Waals surface area contributed by atoms with Crippen molar-refractivity contribution in [2.24, 2.45) is 5.92 Å². The van der Waals surface area contributed by atoms with Gasteiger partial charge in [0, 0.05) is 6.04 Å². The second-order valence-corrected chi connectivity index (χ2v) is 5.71. The van der Waals surface area contributed by atoms with Crippen LogP contribution in [-0.4, -0.2) is 16.0 Å². The first kappa shape index (κ1) is 13.2. The number of benzene rings is 1. The Kier molecular flexibility index (Phi) is 3.72. The van der Waals surface area contributed by atoms with Gasteiger partial charge in [-0.1, -0.05) is 38.3 Å². The Bertz CT molecular complexity index is 649. The molecule has 4 heteroatoms. The van der Waals surface area contributed by atoms with E-state index in [1.54, 1.807) is 6.07 Å². The highest BCUT2D eigenvalue weighted by Crippen LogP contribution is 2.28. The summed E-state index contributed by atoms with van der Waals surface area (Å²) in [5.74, 6) is 1.41. The summed E-state index contributed by atoms with van der Waals surface area (Å²) in [4.78, 5) is 19.4. The maximum absolute atomic E-state index is 12.0. The Morgan fingerprint density at radius 3 is 3.05 bits per heavy atom. The van der Waals surface area contributed by atoms with E-state index in [9.17, 15) is 4.79 Å². The van der Waals surface area contributed by atoms with Crippen LogP contribution < -0.4 is 10.9 Å². The highest BCUT2D eigenvalue weighted by atomic mass is 16.1. The van der Waals surface area contributed by atoms with E-state index < -0.39 is 0 Å². The molecule has 106 valence electrons. The van der Waals surface area contributed by atoms with Gasteiger partial charge in [-0.05, 0) is 30.9 Å². The number of H-pyrrole nitrogens is 1. The molecule has 2 unspecified atom stereocenters. The first-order valence-corrected chi connectivity index (χ1v) is 7.52. The highest BCUT2D eigenvalue weighted by molar-refractivity contribution is 5.78. The SMILES string of the molecule is CCC1CCCC(Nc2nc3ccccc3c(=O)[nH]2)C1. The molecule has 1 aromatic carbocycles. The Labute approximate surface area is 118 Å². The smallest absolute Gasteiger partial charge is 0.260 e. The zero-order valence-electron chi connectivity index (χ0n) is 11.9. The Hall–Kier alpha value is -1.84. The van der Waals surface area contributed by atoms with E-state index in [1.165, 1.54) is 25.7 Å². The standard InChI is InChI=1S/C16H21N3O/c1-2-11-6-5-7-12(10-11)17-16-18-14-9-4-3-8-13(14)15(20)19-16/h3-4,8-9,11-12H,2,5-7,10H2,1H3,(H2,17,18,19,20). The van der Waals surface area contributed by atoms with Crippen molar-refractivity contribution in [3.05, 3.63) is 34.6 Å². The molecule has 1 aliphatic carbocycles. The number of hydrogen-bond donors (Lipinski definition) is 2. The first-order valence-electron chi connectivity index (χ1n) is 7.52. The van der Waals surface area contributed by atoms with Crippen molar-refractivity contribution >= 4 is 16.9 Å². The number of anilines is 1. The number of aromatic amines is 1. The molecule has 20 heavy (non-hydrogen) atoms. The van der Waals surface area contributed by atoms with E-state index >= 15 is 0 Å². The molecule has 0 aliphatic heterocycles. The van der Waals surface area contributed by atoms with Crippen LogP contribution in [0.25, 0.3) is 10.9 Å². The summed E-state index contributed by atoms with van der Waals surface area (Å²) in [5, 5.41) is 4.06. The molecule has 2 N–H and O–H groups in total. The van der Waals surface area contributed by atoms with Crippen LogP contribution in [0.4, 0.5) is 5.95 Å². The molecule has 1 aliphatic rings. The predicted octanol–water partition coefficient (Wildman–Crippen LogP) is 3.30. The lowest BCUT2D eigenvalue weighted by Gasteiger charge is -2.29. The minimum atomic E-state index is -0.0686. The maximum atomic E-state index is 12.0. The summed E-state index contributed by atoms with van der Waals surface area (Å²) < 4.78 is 0. The van der Waals surface area contributed by atoms with Crippen LogP contribution in [-0.2, 0) is 0 Å². The Morgan fingerprint density at radius 2 is 2.20 bits per heavy atom. The summed E-state index contributed by atoms with van der Waals surface area (Å²) in [5.41, 5.74) is 0.683. The van der Waals surface area contributed by atoms with Crippen molar-refractivity contribution in [2.75, 3.05) is 5.32 Å². The average molecular weight is 271 g/mol. The number of nitrogens with one attached hydrogen (secondary N) is 2. The molecule has 0 amide bonds. The summed E-state index contributed by atoms with van der Waals surface area (Å²) >= 11 is 0.